The highest BCUT2D eigenvalue weighted by Gasteiger charge is 2.42. The summed E-state index contributed by atoms with van der Waals surface area (Å²) in [5.41, 5.74) is 0. The van der Waals surface area contributed by atoms with Crippen LogP contribution in [-0.2, 0) is 9.59 Å². The van der Waals surface area contributed by atoms with Gasteiger partial charge in [0.05, 0.1) is 13.3 Å². The molecule has 1 aliphatic heterocycles. The number of rotatable bonds is 7. The molecule has 0 spiro atoms. The van der Waals surface area contributed by atoms with Gasteiger partial charge in [-0.25, -0.2) is 9.69 Å². The first-order valence-electron chi connectivity index (χ1n) is 7.10. The van der Waals surface area contributed by atoms with E-state index >= 15 is 0 Å². The van der Waals surface area contributed by atoms with Crippen LogP contribution in [-0.4, -0.2) is 66.5 Å². The summed E-state index contributed by atoms with van der Waals surface area (Å²) < 4.78 is 5.56. The lowest BCUT2D eigenvalue weighted by atomic mass is 10.3. The summed E-state index contributed by atoms with van der Waals surface area (Å²) in [5, 5.41) is 0.611. The molecule has 0 radical (unpaired) electrons. The van der Waals surface area contributed by atoms with Crippen LogP contribution in [0.5, 0.6) is 5.75 Å². The molecule has 1 saturated heterocycles. The van der Waals surface area contributed by atoms with Gasteiger partial charge in [-0.2, -0.15) is 0 Å². The Kier molecular flexibility index (Phi) is 5.57. The van der Waals surface area contributed by atoms with Gasteiger partial charge < -0.3 is 4.74 Å². The smallest absolute Gasteiger partial charge is 0.335 e. The predicted molar refractivity (Wildman–Crippen MR) is 84.1 cm³/mol. The Hall–Kier alpha value is -2.12. The van der Waals surface area contributed by atoms with E-state index in [1.165, 1.54) is 7.05 Å². The fraction of sp³-hybridized carbons (Fsp3) is 0.400. The maximum absolute atomic E-state index is 11.8. The first-order chi connectivity index (χ1) is 10.9. The zero-order valence-electron chi connectivity index (χ0n) is 13.0. The van der Waals surface area contributed by atoms with Gasteiger partial charge in [-0.15, -0.1) is 0 Å². The number of ether oxygens (including phenoxy) is 1. The monoisotopic (exact) mass is 339 g/mol. The molecule has 0 atom stereocenters. The van der Waals surface area contributed by atoms with Crippen LogP contribution in [0, 0.1) is 0 Å². The molecule has 1 aliphatic rings. The molecular weight excluding hydrogens is 322 g/mol. The molecule has 4 amide bonds. The molecule has 1 heterocycles. The normalized spacial score (nSPS) is 15.0. The Morgan fingerprint density at radius 3 is 2.57 bits per heavy atom. The molecular formula is C15H18ClN3O4. The SMILES string of the molecule is CN(CCCOc1cccc(Cl)c1)CN1C(=O)C(=O)N(C)C1=O. The summed E-state index contributed by atoms with van der Waals surface area (Å²) in [7, 11) is 3.06. The zero-order valence-corrected chi connectivity index (χ0v) is 13.7. The average Bonchev–Trinajstić information content (AvgIpc) is 2.70. The van der Waals surface area contributed by atoms with Gasteiger partial charge in [0.2, 0.25) is 0 Å². The summed E-state index contributed by atoms with van der Waals surface area (Å²) in [5.74, 6) is -0.899. The molecule has 1 aromatic rings. The van der Waals surface area contributed by atoms with Gasteiger partial charge in [0.1, 0.15) is 5.75 Å². The highest BCUT2D eigenvalue weighted by atomic mass is 35.5. The van der Waals surface area contributed by atoms with Crippen molar-refractivity contribution in [3.05, 3.63) is 29.3 Å². The molecule has 0 unspecified atom stereocenters. The van der Waals surface area contributed by atoms with Crippen LogP contribution >= 0.6 is 11.6 Å². The largest absolute Gasteiger partial charge is 0.493 e. The number of hydrogen-bond acceptors (Lipinski definition) is 5. The Balaban J connectivity index is 1.73. The standard InChI is InChI=1S/C15H18ClN3O4/c1-17(10-19-14(21)13(20)18(2)15(19)22)7-4-8-23-12-6-3-5-11(16)9-12/h3,5-6,9H,4,7-8,10H2,1-2H3. The number of amides is 4. The van der Waals surface area contributed by atoms with Crippen molar-refractivity contribution in [2.45, 2.75) is 6.42 Å². The van der Waals surface area contributed by atoms with Gasteiger partial charge in [0.25, 0.3) is 0 Å². The average molecular weight is 340 g/mol. The van der Waals surface area contributed by atoms with Crippen LogP contribution in [0.15, 0.2) is 24.3 Å². The minimum absolute atomic E-state index is 0.0743. The minimum Gasteiger partial charge on any atom is -0.493 e. The van der Waals surface area contributed by atoms with Gasteiger partial charge in [-0.1, -0.05) is 17.7 Å². The van der Waals surface area contributed by atoms with Gasteiger partial charge in [-0.3, -0.25) is 19.4 Å². The maximum Gasteiger partial charge on any atom is 0.335 e. The third kappa shape index (κ3) is 4.20. The van der Waals surface area contributed by atoms with Gasteiger partial charge >= 0.3 is 17.8 Å². The van der Waals surface area contributed by atoms with E-state index in [-0.39, 0.29) is 6.67 Å². The number of carbonyl (C=O) groups excluding carboxylic acids is 3. The van der Waals surface area contributed by atoms with Gasteiger partial charge in [-0.05, 0) is 31.7 Å². The third-order valence-electron chi connectivity index (χ3n) is 3.38. The van der Waals surface area contributed by atoms with E-state index in [4.69, 9.17) is 16.3 Å². The van der Waals surface area contributed by atoms with Crippen molar-refractivity contribution in [3.8, 4) is 5.75 Å². The Morgan fingerprint density at radius 2 is 1.96 bits per heavy atom. The molecule has 0 bridgehead atoms. The van der Waals surface area contributed by atoms with Crippen LogP contribution in [0.1, 0.15) is 6.42 Å². The summed E-state index contributed by atoms with van der Waals surface area (Å²) in [6, 6.07) is 6.53. The maximum atomic E-state index is 11.8. The highest BCUT2D eigenvalue weighted by Crippen LogP contribution is 2.17. The number of urea groups is 1. The molecule has 0 N–H and O–H groups in total. The number of hydrogen-bond donors (Lipinski definition) is 0. The van der Waals surface area contributed by atoms with Crippen molar-refractivity contribution in [2.75, 3.05) is 33.9 Å². The summed E-state index contributed by atoms with van der Waals surface area (Å²) in [6.45, 7) is 1.16. The van der Waals surface area contributed by atoms with Crippen molar-refractivity contribution in [1.82, 2.24) is 14.7 Å². The molecule has 0 aliphatic carbocycles. The van der Waals surface area contributed by atoms with E-state index in [1.807, 2.05) is 12.1 Å². The van der Waals surface area contributed by atoms with E-state index < -0.39 is 17.8 Å². The second-order valence-electron chi connectivity index (χ2n) is 5.26. The van der Waals surface area contributed by atoms with E-state index in [0.29, 0.717) is 30.3 Å². The van der Waals surface area contributed by atoms with Crippen molar-refractivity contribution < 1.29 is 19.1 Å². The second kappa shape index (κ2) is 7.43. The van der Waals surface area contributed by atoms with Crippen LogP contribution in [0.2, 0.25) is 5.02 Å². The first-order valence-corrected chi connectivity index (χ1v) is 7.48. The van der Waals surface area contributed by atoms with Gasteiger partial charge in [0.15, 0.2) is 0 Å². The topological polar surface area (TPSA) is 70.2 Å². The number of likely N-dealkylation sites (N-methyl/N-ethyl adjacent to an activating group) is 1. The summed E-state index contributed by atoms with van der Waals surface area (Å²) >= 11 is 5.87. The fourth-order valence-corrected chi connectivity index (χ4v) is 2.31. The van der Waals surface area contributed by atoms with Crippen LogP contribution < -0.4 is 4.74 Å². The van der Waals surface area contributed by atoms with Crippen molar-refractivity contribution in [2.24, 2.45) is 0 Å². The number of benzene rings is 1. The lowest BCUT2D eigenvalue weighted by Crippen LogP contribution is -2.40. The Labute approximate surface area is 139 Å². The number of carbonyl (C=O) groups is 3. The molecule has 124 valence electrons. The molecule has 0 aromatic heterocycles. The van der Waals surface area contributed by atoms with E-state index in [9.17, 15) is 14.4 Å². The molecule has 1 aromatic carbocycles. The number of imide groups is 2. The fourth-order valence-electron chi connectivity index (χ4n) is 2.13. The second-order valence-corrected chi connectivity index (χ2v) is 5.70. The van der Waals surface area contributed by atoms with Gasteiger partial charge in [0, 0.05) is 18.6 Å². The quantitative estimate of drug-likeness (QED) is 0.427. The number of halogens is 1. The number of nitrogens with zero attached hydrogens (tertiary/aromatic N) is 3. The molecule has 7 nitrogen and oxygen atoms in total. The lowest BCUT2D eigenvalue weighted by Gasteiger charge is -2.21. The van der Waals surface area contributed by atoms with Crippen molar-refractivity contribution in [3.63, 3.8) is 0 Å². The summed E-state index contributed by atoms with van der Waals surface area (Å²) in [4.78, 5) is 38.4. The van der Waals surface area contributed by atoms with Crippen LogP contribution in [0.4, 0.5) is 4.79 Å². The van der Waals surface area contributed by atoms with E-state index in [0.717, 1.165) is 9.80 Å². The predicted octanol–water partition coefficient (Wildman–Crippen LogP) is 1.42. The minimum atomic E-state index is -0.798. The molecule has 23 heavy (non-hydrogen) atoms. The highest BCUT2D eigenvalue weighted by molar-refractivity contribution is 6.44. The zero-order chi connectivity index (χ0) is 17.0. The van der Waals surface area contributed by atoms with Crippen LogP contribution in [0.25, 0.3) is 0 Å². The Bertz CT molecular complexity index is 622. The first kappa shape index (κ1) is 17.2. The van der Waals surface area contributed by atoms with Crippen molar-refractivity contribution >= 4 is 29.4 Å². The molecule has 8 heteroatoms. The van der Waals surface area contributed by atoms with E-state index in [2.05, 4.69) is 0 Å². The van der Waals surface area contributed by atoms with E-state index in [1.54, 1.807) is 24.1 Å². The Morgan fingerprint density at radius 1 is 1.22 bits per heavy atom. The summed E-state index contributed by atoms with van der Waals surface area (Å²) in [6.07, 6.45) is 0.697. The third-order valence-corrected chi connectivity index (χ3v) is 3.62. The van der Waals surface area contributed by atoms with Crippen LogP contribution in [0.3, 0.4) is 0 Å². The molecule has 0 saturated carbocycles. The molecule has 1 fully saturated rings. The lowest BCUT2D eigenvalue weighted by molar-refractivity contribution is -0.143. The molecule has 2 rings (SSSR count). The van der Waals surface area contributed by atoms with Crippen molar-refractivity contribution in [1.29, 1.82) is 0 Å².